The van der Waals surface area contributed by atoms with Gasteiger partial charge in [0, 0.05) is 17.1 Å². The zero-order valence-electron chi connectivity index (χ0n) is 19.8. The minimum Gasteiger partial charge on any atom is -0.360 e. The molecular weight excluding hydrogens is 402 g/mol. The molecule has 3 aromatic rings. The summed E-state index contributed by atoms with van der Waals surface area (Å²) >= 11 is 0. The minimum absolute atomic E-state index is 0.129. The summed E-state index contributed by atoms with van der Waals surface area (Å²) in [6.07, 6.45) is 7.84. The van der Waals surface area contributed by atoms with E-state index in [1.54, 1.807) is 6.08 Å². The SMILES string of the molecule is C=C/C=C(\C=C)N(c1ccccc1)c1ccc(-c2ccc3c(c2)C2(C)CCC3(C)O2)c(C)c1. The third-order valence-corrected chi connectivity index (χ3v) is 7.24. The van der Waals surface area contributed by atoms with E-state index < -0.39 is 0 Å². The average Bonchev–Trinajstić information content (AvgIpc) is 3.26. The van der Waals surface area contributed by atoms with Gasteiger partial charge < -0.3 is 9.64 Å². The van der Waals surface area contributed by atoms with Crippen LogP contribution in [-0.4, -0.2) is 0 Å². The van der Waals surface area contributed by atoms with Gasteiger partial charge in [-0.25, -0.2) is 0 Å². The highest BCUT2D eigenvalue weighted by Crippen LogP contribution is 2.58. The van der Waals surface area contributed by atoms with Gasteiger partial charge in [0.05, 0.1) is 11.2 Å². The van der Waals surface area contributed by atoms with Crippen LogP contribution < -0.4 is 4.90 Å². The highest BCUT2D eigenvalue weighted by atomic mass is 16.5. The van der Waals surface area contributed by atoms with E-state index in [-0.39, 0.29) is 11.2 Å². The van der Waals surface area contributed by atoms with Gasteiger partial charge in [0.2, 0.25) is 0 Å². The molecule has 0 aliphatic carbocycles. The highest BCUT2D eigenvalue weighted by molar-refractivity contribution is 5.76. The molecule has 0 N–H and O–H groups in total. The molecule has 5 rings (SSSR count). The maximum atomic E-state index is 6.47. The first kappa shape index (κ1) is 21.5. The Morgan fingerprint density at radius 2 is 1.61 bits per heavy atom. The van der Waals surface area contributed by atoms with Crippen LogP contribution in [0.4, 0.5) is 11.4 Å². The molecule has 2 atom stereocenters. The van der Waals surface area contributed by atoms with Crippen molar-refractivity contribution in [3.63, 3.8) is 0 Å². The van der Waals surface area contributed by atoms with Crippen molar-refractivity contribution in [1.29, 1.82) is 0 Å². The van der Waals surface area contributed by atoms with E-state index in [2.05, 4.69) is 99.5 Å². The smallest absolute Gasteiger partial charge is 0.0920 e. The molecule has 0 radical (unpaired) electrons. The van der Waals surface area contributed by atoms with Crippen molar-refractivity contribution in [3.8, 4) is 11.1 Å². The Labute approximate surface area is 197 Å². The fourth-order valence-electron chi connectivity index (χ4n) is 5.56. The number of benzene rings is 3. The normalized spacial score (nSPS) is 23.3. The number of aryl methyl sites for hydroxylation is 1. The van der Waals surface area contributed by atoms with Crippen LogP contribution in [0.25, 0.3) is 11.1 Å². The van der Waals surface area contributed by atoms with Crippen LogP contribution in [0.5, 0.6) is 0 Å². The Bertz CT molecular complexity index is 1270. The van der Waals surface area contributed by atoms with Crippen molar-refractivity contribution in [1.82, 2.24) is 0 Å². The monoisotopic (exact) mass is 433 g/mol. The van der Waals surface area contributed by atoms with Gasteiger partial charge in [-0.1, -0.05) is 55.6 Å². The third-order valence-electron chi connectivity index (χ3n) is 7.24. The third kappa shape index (κ3) is 3.46. The van der Waals surface area contributed by atoms with Gasteiger partial charge in [-0.3, -0.25) is 0 Å². The van der Waals surface area contributed by atoms with Crippen LogP contribution in [0.2, 0.25) is 0 Å². The number of fused-ring (bicyclic) bond motifs is 5. The van der Waals surface area contributed by atoms with Gasteiger partial charge in [-0.05, 0) is 104 Å². The lowest BCUT2D eigenvalue weighted by Gasteiger charge is -2.27. The molecule has 1 saturated heterocycles. The summed E-state index contributed by atoms with van der Waals surface area (Å²) in [5.74, 6) is 0. The van der Waals surface area contributed by atoms with Crippen molar-refractivity contribution in [2.24, 2.45) is 0 Å². The van der Waals surface area contributed by atoms with Gasteiger partial charge in [0.15, 0.2) is 0 Å². The number of rotatable bonds is 6. The van der Waals surface area contributed by atoms with E-state index >= 15 is 0 Å². The topological polar surface area (TPSA) is 12.5 Å². The van der Waals surface area contributed by atoms with Crippen molar-refractivity contribution in [2.75, 3.05) is 4.90 Å². The second-order valence-corrected chi connectivity index (χ2v) is 9.53. The summed E-state index contributed by atoms with van der Waals surface area (Å²) in [6.45, 7) is 14.6. The Balaban J connectivity index is 1.57. The zero-order valence-corrected chi connectivity index (χ0v) is 19.8. The Morgan fingerprint density at radius 1 is 0.879 bits per heavy atom. The molecule has 1 fully saturated rings. The molecule has 3 aromatic carbocycles. The highest BCUT2D eigenvalue weighted by Gasteiger charge is 2.54. The summed E-state index contributed by atoms with van der Waals surface area (Å²) < 4.78 is 6.47. The number of anilines is 2. The predicted octanol–water partition coefficient (Wildman–Crippen LogP) is 8.31. The molecule has 0 aromatic heterocycles. The van der Waals surface area contributed by atoms with Crippen molar-refractivity contribution in [3.05, 3.63) is 121 Å². The molecule has 2 heterocycles. The lowest BCUT2D eigenvalue weighted by atomic mass is 9.77. The fourth-order valence-corrected chi connectivity index (χ4v) is 5.56. The van der Waals surface area contributed by atoms with Gasteiger partial charge in [0.25, 0.3) is 0 Å². The lowest BCUT2D eigenvalue weighted by Crippen LogP contribution is -2.18. The molecule has 33 heavy (non-hydrogen) atoms. The van der Waals surface area contributed by atoms with Gasteiger partial charge >= 0.3 is 0 Å². The molecule has 0 saturated carbocycles. The van der Waals surface area contributed by atoms with E-state index in [0.717, 1.165) is 29.9 Å². The number of allylic oxidation sites excluding steroid dienone is 3. The van der Waals surface area contributed by atoms with Crippen LogP contribution in [-0.2, 0) is 15.9 Å². The molecule has 2 aliphatic rings. The summed E-state index contributed by atoms with van der Waals surface area (Å²) in [7, 11) is 0. The molecule has 2 unspecified atom stereocenters. The van der Waals surface area contributed by atoms with Crippen LogP contribution >= 0.6 is 0 Å². The first-order chi connectivity index (χ1) is 15.9. The van der Waals surface area contributed by atoms with Gasteiger partial charge in [-0.2, -0.15) is 0 Å². The van der Waals surface area contributed by atoms with Gasteiger partial charge in [0.1, 0.15) is 0 Å². The van der Waals surface area contributed by atoms with Crippen molar-refractivity contribution < 1.29 is 4.74 Å². The maximum Gasteiger partial charge on any atom is 0.0920 e. The molecule has 0 spiro atoms. The van der Waals surface area contributed by atoms with Crippen LogP contribution in [0.15, 0.2) is 104 Å². The standard InChI is InChI=1S/C31H31NO/c1-6-11-24(7-2)32(25-12-9-8-10-13-25)26-15-16-27(22(3)20-26)23-14-17-28-29(21-23)31(5)19-18-30(28,4)33-31/h6-17,20-21H,1-2,18-19H2,3-5H3/b24-11+. The predicted molar refractivity (Wildman–Crippen MR) is 139 cm³/mol. The van der Waals surface area contributed by atoms with Crippen molar-refractivity contribution in [2.45, 2.75) is 44.8 Å². The summed E-state index contributed by atoms with van der Waals surface area (Å²) in [4.78, 5) is 2.21. The first-order valence-corrected chi connectivity index (χ1v) is 11.7. The molecule has 166 valence electrons. The first-order valence-electron chi connectivity index (χ1n) is 11.7. The molecule has 2 heteroatoms. The van der Waals surface area contributed by atoms with E-state index in [9.17, 15) is 0 Å². The number of ether oxygens (including phenoxy) is 1. The minimum atomic E-state index is -0.160. The largest absolute Gasteiger partial charge is 0.360 e. The Hall–Kier alpha value is -3.36. The molecular formula is C31H31NO. The van der Waals surface area contributed by atoms with Crippen LogP contribution in [0.3, 0.4) is 0 Å². The molecule has 2 aliphatic heterocycles. The Kier molecular flexibility index (Phi) is 5.14. The second-order valence-electron chi connectivity index (χ2n) is 9.53. The number of hydrogen-bond acceptors (Lipinski definition) is 2. The number of hydrogen-bond donors (Lipinski definition) is 0. The summed E-state index contributed by atoms with van der Waals surface area (Å²) in [5.41, 5.74) is 9.31. The number of para-hydroxylation sites is 1. The van der Waals surface area contributed by atoms with E-state index in [1.807, 2.05) is 18.2 Å². The quantitative estimate of drug-likeness (QED) is 0.362. The lowest BCUT2D eigenvalue weighted by molar-refractivity contribution is -0.0662. The van der Waals surface area contributed by atoms with E-state index in [1.165, 1.54) is 27.8 Å². The maximum absolute atomic E-state index is 6.47. The molecule has 2 nitrogen and oxygen atoms in total. The zero-order chi connectivity index (χ0) is 23.2. The van der Waals surface area contributed by atoms with Crippen LogP contribution in [0, 0.1) is 6.92 Å². The molecule has 0 amide bonds. The molecule has 2 bridgehead atoms. The van der Waals surface area contributed by atoms with Crippen LogP contribution in [0.1, 0.15) is 43.4 Å². The van der Waals surface area contributed by atoms with E-state index in [0.29, 0.717) is 0 Å². The second kappa shape index (κ2) is 7.90. The summed E-state index contributed by atoms with van der Waals surface area (Å²) in [6, 6.07) is 23.9. The Morgan fingerprint density at radius 3 is 2.27 bits per heavy atom. The van der Waals surface area contributed by atoms with E-state index in [4.69, 9.17) is 4.74 Å². The fraction of sp³-hybridized carbons (Fsp3) is 0.226. The number of nitrogens with zero attached hydrogens (tertiary/aromatic N) is 1. The average molecular weight is 434 g/mol. The van der Waals surface area contributed by atoms with Gasteiger partial charge in [-0.15, -0.1) is 0 Å². The summed E-state index contributed by atoms with van der Waals surface area (Å²) in [5, 5.41) is 0. The van der Waals surface area contributed by atoms with Crippen molar-refractivity contribution >= 4 is 11.4 Å².